The average molecular weight is 258 g/mol. The van der Waals surface area contributed by atoms with Crippen LogP contribution in [0.15, 0.2) is 29.6 Å². The van der Waals surface area contributed by atoms with Gasteiger partial charge in [0.1, 0.15) is 0 Å². The van der Waals surface area contributed by atoms with Crippen LogP contribution >= 0.6 is 11.3 Å². The monoisotopic (exact) mass is 258 g/mol. The molecule has 1 aromatic heterocycles. The average Bonchev–Trinajstić information content (AvgIpc) is 2.84. The Labute approximate surface area is 114 Å². The summed E-state index contributed by atoms with van der Waals surface area (Å²) < 4.78 is 1.45. The van der Waals surface area contributed by atoms with Crippen molar-refractivity contribution >= 4 is 21.4 Å². The van der Waals surface area contributed by atoms with Gasteiger partial charge in [-0.3, -0.25) is 0 Å². The molecule has 18 heavy (non-hydrogen) atoms. The topological polar surface area (TPSA) is 0 Å². The number of fused-ring (bicyclic) bond motifs is 1. The molecule has 1 aliphatic carbocycles. The fourth-order valence-corrected chi connectivity index (χ4v) is 4.28. The Balaban J connectivity index is 1.56. The maximum Gasteiger partial charge on any atom is 0.0345 e. The van der Waals surface area contributed by atoms with Crippen molar-refractivity contribution in [2.45, 2.75) is 51.4 Å². The van der Waals surface area contributed by atoms with Crippen LogP contribution in [0.3, 0.4) is 0 Å². The van der Waals surface area contributed by atoms with Crippen LogP contribution in [0.4, 0.5) is 0 Å². The minimum atomic E-state index is 1.03. The molecule has 1 heteroatoms. The zero-order chi connectivity index (χ0) is 12.2. The third kappa shape index (κ3) is 2.77. The first-order valence-corrected chi connectivity index (χ1v) is 8.26. The van der Waals surface area contributed by atoms with Gasteiger partial charge in [0.15, 0.2) is 0 Å². The lowest BCUT2D eigenvalue weighted by Gasteiger charge is -2.21. The number of aryl methyl sites for hydroxylation is 1. The van der Waals surface area contributed by atoms with Crippen molar-refractivity contribution in [3.8, 4) is 0 Å². The molecule has 0 radical (unpaired) electrons. The highest BCUT2D eigenvalue weighted by Gasteiger charge is 2.13. The molecule has 1 aliphatic rings. The molecule has 0 unspecified atom stereocenters. The maximum atomic E-state index is 2.37. The van der Waals surface area contributed by atoms with E-state index in [4.69, 9.17) is 0 Å². The molecule has 2 aromatic rings. The Morgan fingerprint density at radius 2 is 1.89 bits per heavy atom. The summed E-state index contributed by atoms with van der Waals surface area (Å²) in [6.07, 6.45) is 11.5. The molecule has 0 N–H and O–H groups in total. The van der Waals surface area contributed by atoms with Crippen molar-refractivity contribution in [3.05, 3.63) is 35.2 Å². The first kappa shape index (κ1) is 12.2. The van der Waals surface area contributed by atoms with Crippen LogP contribution in [0, 0.1) is 5.92 Å². The van der Waals surface area contributed by atoms with Crippen molar-refractivity contribution in [1.29, 1.82) is 0 Å². The lowest BCUT2D eigenvalue weighted by atomic mass is 9.85. The third-order valence-electron chi connectivity index (χ3n) is 4.34. The Kier molecular flexibility index (Phi) is 3.99. The van der Waals surface area contributed by atoms with E-state index in [2.05, 4.69) is 29.6 Å². The Morgan fingerprint density at radius 1 is 1.06 bits per heavy atom. The minimum Gasteiger partial charge on any atom is -0.144 e. The molecule has 1 saturated carbocycles. The van der Waals surface area contributed by atoms with Crippen molar-refractivity contribution in [1.82, 2.24) is 0 Å². The molecule has 0 nitrogen and oxygen atoms in total. The van der Waals surface area contributed by atoms with E-state index in [0.717, 1.165) is 5.92 Å². The fraction of sp³-hybridized carbons (Fsp3) is 0.529. The van der Waals surface area contributed by atoms with Gasteiger partial charge in [-0.05, 0) is 41.2 Å². The minimum absolute atomic E-state index is 1.03. The van der Waals surface area contributed by atoms with E-state index in [9.17, 15) is 0 Å². The zero-order valence-electron chi connectivity index (χ0n) is 11.0. The molecule has 0 amide bonds. The molecule has 1 fully saturated rings. The molecule has 0 bridgehead atoms. The predicted molar refractivity (Wildman–Crippen MR) is 81.3 cm³/mol. The Morgan fingerprint density at radius 3 is 2.78 bits per heavy atom. The highest BCUT2D eigenvalue weighted by molar-refractivity contribution is 7.17. The first-order valence-electron chi connectivity index (χ1n) is 7.38. The third-order valence-corrected chi connectivity index (χ3v) is 5.36. The second-order valence-corrected chi connectivity index (χ2v) is 6.56. The van der Waals surface area contributed by atoms with Gasteiger partial charge in [0, 0.05) is 4.70 Å². The second kappa shape index (κ2) is 5.88. The van der Waals surface area contributed by atoms with Crippen LogP contribution in [0.5, 0.6) is 0 Å². The highest BCUT2D eigenvalue weighted by Crippen LogP contribution is 2.30. The second-order valence-electron chi connectivity index (χ2n) is 5.65. The van der Waals surface area contributed by atoms with Gasteiger partial charge in [0.2, 0.25) is 0 Å². The molecule has 96 valence electrons. The molecule has 0 atom stereocenters. The normalized spacial score (nSPS) is 17.3. The van der Waals surface area contributed by atoms with E-state index < -0.39 is 0 Å². The van der Waals surface area contributed by atoms with Crippen LogP contribution in [-0.2, 0) is 6.42 Å². The lowest BCUT2D eigenvalue weighted by Crippen LogP contribution is -2.06. The van der Waals surface area contributed by atoms with Crippen molar-refractivity contribution in [2.75, 3.05) is 0 Å². The maximum absolute atomic E-state index is 2.37. The van der Waals surface area contributed by atoms with Gasteiger partial charge < -0.3 is 0 Å². The zero-order valence-corrected chi connectivity index (χ0v) is 11.8. The van der Waals surface area contributed by atoms with E-state index in [1.807, 2.05) is 11.3 Å². The number of hydrogen-bond acceptors (Lipinski definition) is 1. The Bertz CT molecular complexity index is 491. The van der Waals surface area contributed by atoms with Crippen LogP contribution in [0.25, 0.3) is 10.1 Å². The summed E-state index contributed by atoms with van der Waals surface area (Å²) in [5, 5.41) is 3.86. The molecule has 1 aromatic carbocycles. The number of benzene rings is 1. The van der Waals surface area contributed by atoms with Gasteiger partial charge in [-0.25, -0.2) is 0 Å². The summed E-state index contributed by atoms with van der Waals surface area (Å²) in [7, 11) is 0. The summed E-state index contributed by atoms with van der Waals surface area (Å²) in [6, 6.07) is 8.83. The van der Waals surface area contributed by atoms with E-state index in [0.29, 0.717) is 0 Å². The number of rotatable bonds is 4. The smallest absolute Gasteiger partial charge is 0.0345 e. The largest absolute Gasteiger partial charge is 0.144 e. The van der Waals surface area contributed by atoms with Gasteiger partial charge in [-0.15, -0.1) is 11.3 Å². The highest BCUT2D eigenvalue weighted by atomic mass is 32.1. The molecule has 0 aliphatic heterocycles. The van der Waals surface area contributed by atoms with Crippen LogP contribution in [0.1, 0.15) is 50.5 Å². The summed E-state index contributed by atoms with van der Waals surface area (Å²) in [5.74, 6) is 1.03. The molecular formula is C17H22S. The van der Waals surface area contributed by atoms with Gasteiger partial charge in [-0.1, -0.05) is 56.7 Å². The standard InChI is InChI=1S/C17H22S/c1-2-7-14(8-3-1)9-6-10-15-13-18-17-12-5-4-11-16(15)17/h4-5,11-14H,1-3,6-10H2. The summed E-state index contributed by atoms with van der Waals surface area (Å²) in [5.41, 5.74) is 1.58. The summed E-state index contributed by atoms with van der Waals surface area (Å²) in [4.78, 5) is 0. The molecular weight excluding hydrogens is 236 g/mol. The lowest BCUT2D eigenvalue weighted by molar-refractivity contribution is 0.332. The molecule has 0 spiro atoms. The molecule has 1 heterocycles. The van der Waals surface area contributed by atoms with Crippen LogP contribution in [-0.4, -0.2) is 0 Å². The van der Waals surface area contributed by atoms with Gasteiger partial charge in [0.25, 0.3) is 0 Å². The van der Waals surface area contributed by atoms with E-state index in [-0.39, 0.29) is 0 Å². The van der Waals surface area contributed by atoms with E-state index in [1.54, 1.807) is 5.56 Å². The van der Waals surface area contributed by atoms with Gasteiger partial charge in [0.05, 0.1) is 0 Å². The van der Waals surface area contributed by atoms with Crippen LogP contribution in [0.2, 0.25) is 0 Å². The quantitative estimate of drug-likeness (QED) is 0.649. The predicted octanol–water partition coefficient (Wildman–Crippen LogP) is 5.80. The fourth-order valence-electron chi connectivity index (χ4n) is 3.28. The van der Waals surface area contributed by atoms with Crippen LogP contribution < -0.4 is 0 Å². The summed E-state index contributed by atoms with van der Waals surface area (Å²) in [6.45, 7) is 0. The van der Waals surface area contributed by atoms with Crippen molar-refractivity contribution in [3.63, 3.8) is 0 Å². The summed E-state index contributed by atoms with van der Waals surface area (Å²) >= 11 is 1.90. The molecule has 3 rings (SSSR count). The number of thiophene rings is 1. The van der Waals surface area contributed by atoms with Crippen molar-refractivity contribution in [2.24, 2.45) is 5.92 Å². The number of hydrogen-bond donors (Lipinski definition) is 0. The van der Waals surface area contributed by atoms with E-state index >= 15 is 0 Å². The first-order chi connectivity index (χ1) is 8.93. The SMILES string of the molecule is c1ccc2c(CCCC3CCCCC3)csc2c1. The molecule has 0 saturated heterocycles. The van der Waals surface area contributed by atoms with Gasteiger partial charge in [-0.2, -0.15) is 0 Å². The van der Waals surface area contributed by atoms with Crippen molar-refractivity contribution < 1.29 is 0 Å². The Hall–Kier alpha value is -0.820. The van der Waals surface area contributed by atoms with Gasteiger partial charge >= 0.3 is 0 Å². The van der Waals surface area contributed by atoms with E-state index in [1.165, 1.54) is 61.5 Å².